The molecule has 0 aromatic heterocycles. The van der Waals surface area contributed by atoms with Crippen molar-refractivity contribution in [2.24, 2.45) is 0 Å². The van der Waals surface area contributed by atoms with Gasteiger partial charge in [-0.1, -0.05) is 28.1 Å². The molecule has 19 heavy (non-hydrogen) atoms. The van der Waals surface area contributed by atoms with E-state index in [4.69, 9.17) is 0 Å². The number of carbonyl (C=O) groups excluding carboxylic acids is 1. The molecule has 0 saturated heterocycles. The van der Waals surface area contributed by atoms with Gasteiger partial charge in [0, 0.05) is 20.7 Å². The molecule has 0 bridgehead atoms. The second kappa shape index (κ2) is 6.35. The van der Waals surface area contributed by atoms with Crippen molar-refractivity contribution >= 4 is 33.5 Å². The molecule has 0 aliphatic rings. The number of hydrogen-bond donors (Lipinski definition) is 0. The van der Waals surface area contributed by atoms with E-state index >= 15 is 0 Å². The minimum absolute atomic E-state index is 0.0608. The minimum Gasteiger partial charge on any atom is -0.295 e. The molecule has 0 radical (unpaired) electrons. The summed E-state index contributed by atoms with van der Waals surface area (Å²) in [4.78, 5) is 12.2. The third-order valence-corrected chi connectivity index (χ3v) is 4.13. The standard InChI is InChI=1S/C15H12BrFOS/c1-10(18)12-2-4-15(5-3-12)19-9-11-6-13(16)8-14(17)7-11/h2-8H,9H2,1H3. The number of rotatable bonds is 4. The van der Waals surface area contributed by atoms with Gasteiger partial charge in [0.05, 0.1) is 0 Å². The van der Waals surface area contributed by atoms with Crippen molar-refractivity contribution in [1.82, 2.24) is 0 Å². The lowest BCUT2D eigenvalue weighted by atomic mass is 10.2. The van der Waals surface area contributed by atoms with Crippen LogP contribution in [0.25, 0.3) is 0 Å². The van der Waals surface area contributed by atoms with Gasteiger partial charge in [0.25, 0.3) is 0 Å². The Kier molecular flexibility index (Phi) is 4.77. The number of carbonyl (C=O) groups is 1. The molecule has 0 atom stereocenters. The minimum atomic E-state index is -0.239. The van der Waals surface area contributed by atoms with Gasteiger partial charge in [-0.25, -0.2) is 4.39 Å². The highest BCUT2D eigenvalue weighted by atomic mass is 79.9. The first-order valence-corrected chi connectivity index (χ1v) is 7.51. The van der Waals surface area contributed by atoms with Gasteiger partial charge < -0.3 is 0 Å². The van der Waals surface area contributed by atoms with E-state index in [1.165, 1.54) is 12.1 Å². The fraction of sp³-hybridized carbons (Fsp3) is 0.133. The van der Waals surface area contributed by atoms with Crippen LogP contribution in [0.5, 0.6) is 0 Å². The topological polar surface area (TPSA) is 17.1 Å². The molecule has 98 valence electrons. The third kappa shape index (κ3) is 4.18. The van der Waals surface area contributed by atoms with Gasteiger partial charge in [0.2, 0.25) is 0 Å². The first-order valence-electron chi connectivity index (χ1n) is 5.73. The Bertz CT molecular complexity index is 575. The molecule has 0 N–H and O–H groups in total. The van der Waals surface area contributed by atoms with Crippen LogP contribution in [0.3, 0.4) is 0 Å². The lowest BCUT2D eigenvalue weighted by molar-refractivity contribution is 0.101. The van der Waals surface area contributed by atoms with Crippen LogP contribution in [0, 0.1) is 5.82 Å². The van der Waals surface area contributed by atoms with E-state index in [1.807, 2.05) is 30.3 Å². The highest BCUT2D eigenvalue weighted by Gasteiger charge is 2.02. The van der Waals surface area contributed by atoms with Crippen LogP contribution in [-0.2, 0) is 5.75 Å². The lowest BCUT2D eigenvalue weighted by Crippen LogP contribution is -1.90. The Balaban J connectivity index is 2.03. The molecule has 0 unspecified atom stereocenters. The van der Waals surface area contributed by atoms with E-state index in [-0.39, 0.29) is 11.6 Å². The maximum absolute atomic E-state index is 13.2. The van der Waals surface area contributed by atoms with Gasteiger partial charge in [-0.3, -0.25) is 4.79 Å². The lowest BCUT2D eigenvalue weighted by Gasteiger charge is -2.04. The van der Waals surface area contributed by atoms with Crippen molar-refractivity contribution < 1.29 is 9.18 Å². The molecule has 2 aromatic carbocycles. The average Bonchev–Trinajstić information content (AvgIpc) is 2.36. The Morgan fingerprint density at radius 1 is 1.21 bits per heavy atom. The molecule has 0 amide bonds. The fourth-order valence-electron chi connectivity index (χ4n) is 1.65. The van der Waals surface area contributed by atoms with Crippen molar-refractivity contribution in [3.8, 4) is 0 Å². The smallest absolute Gasteiger partial charge is 0.159 e. The van der Waals surface area contributed by atoms with E-state index in [0.29, 0.717) is 11.3 Å². The fourth-order valence-corrected chi connectivity index (χ4v) is 2.99. The van der Waals surface area contributed by atoms with Crippen LogP contribution in [0.4, 0.5) is 4.39 Å². The SMILES string of the molecule is CC(=O)c1ccc(SCc2cc(F)cc(Br)c2)cc1. The third-order valence-electron chi connectivity index (χ3n) is 2.59. The van der Waals surface area contributed by atoms with Crippen molar-refractivity contribution in [1.29, 1.82) is 0 Å². The van der Waals surface area contributed by atoms with Crippen LogP contribution >= 0.6 is 27.7 Å². The van der Waals surface area contributed by atoms with Gasteiger partial charge in [-0.05, 0) is 42.8 Å². The zero-order valence-electron chi connectivity index (χ0n) is 10.3. The molecule has 0 aliphatic carbocycles. The Morgan fingerprint density at radius 2 is 1.89 bits per heavy atom. The highest BCUT2D eigenvalue weighted by Crippen LogP contribution is 2.25. The summed E-state index contributed by atoms with van der Waals surface area (Å²) in [5.74, 6) is 0.512. The van der Waals surface area contributed by atoms with E-state index in [0.717, 1.165) is 14.9 Å². The Labute approximate surface area is 124 Å². The number of halogens is 2. The maximum atomic E-state index is 13.2. The molecule has 2 rings (SSSR count). The summed E-state index contributed by atoms with van der Waals surface area (Å²) in [6.07, 6.45) is 0. The highest BCUT2D eigenvalue weighted by molar-refractivity contribution is 9.10. The Hall–Kier alpha value is -1.13. The summed E-state index contributed by atoms with van der Waals surface area (Å²) in [7, 11) is 0. The number of thioether (sulfide) groups is 1. The number of Topliss-reactive ketones (excluding diaryl/α,β-unsaturated/α-hetero) is 1. The van der Waals surface area contributed by atoms with Crippen molar-refractivity contribution in [3.05, 3.63) is 63.9 Å². The summed E-state index contributed by atoms with van der Waals surface area (Å²) in [5.41, 5.74) is 1.63. The van der Waals surface area contributed by atoms with Crippen LogP contribution in [-0.4, -0.2) is 5.78 Å². The van der Waals surface area contributed by atoms with Gasteiger partial charge in [0.15, 0.2) is 5.78 Å². The van der Waals surface area contributed by atoms with E-state index in [1.54, 1.807) is 18.7 Å². The van der Waals surface area contributed by atoms with Gasteiger partial charge >= 0.3 is 0 Å². The summed E-state index contributed by atoms with van der Waals surface area (Å²) >= 11 is 4.89. The normalized spacial score (nSPS) is 10.5. The number of benzene rings is 2. The van der Waals surface area contributed by atoms with Crippen molar-refractivity contribution in [3.63, 3.8) is 0 Å². The second-order valence-corrected chi connectivity index (χ2v) is 6.11. The number of hydrogen-bond acceptors (Lipinski definition) is 2. The monoisotopic (exact) mass is 338 g/mol. The largest absolute Gasteiger partial charge is 0.295 e. The molecule has 0 saturated carbocycles. The molecular weight excluding hydrogens is 327 g/mol. The van der Waals surface area contributed by atoms with Crippen molar-refractivity contribution in [2.45, 2.75) is 17.6 Å². The summed E-state index contributed by atoms with van der Waals surface area (Å²) < 4.78 is 14.0. The first kappa shape index (κ1) is 14.3. The van der Waals surface area contributed by atoms with Gasteiger partial charge in [-0.2, -0.15) is 0 Å². The Morgan fingerprint density at radius 3 is 2.47 bits per heavy atom. The van der Waals surface area contributed by atoms with Crippen LogP contribution in [0.1, 0.15) is 22.8 Å². The predicted octanol–water partition coefficient (Wildman–Crippen LogP) is 5.08. The summed E-state index contributed by atoms with van der Waals surface area (Å²) in [6.45, 7) is 1.55. The van der Waals surface area contributed by atoms with E-state index in [9.17, 15) is 9.18 Å². The molecule has 4 heteroatoms. The quantitative estimate of drug-likeness (QED) is 0.571. The molecule has 0 fully saturated rings. The number of ketones is 1. The maximum Gasteiger partial charge on any atom is 0.159 e. The molecule has 2 aromatic rings. The molecular formula is C15H12BrFOS. The molecule has 1 nitrogen and oxygen atoms in total. The molecule has 0 heterocycles. The van der Waals surface area contributed by atoms with E-state index < -0.39 is 0 Å². The van der Waals surface area contributed by atoms with Crippen LogP contribution < -0.4 is 0 Å². The zero-order chi connectivity index (χ0) is 13.8. The summed E-state index contributed by atoms with van der Waals surface area (Å²) in [6, 6.07) is 12.3. The van der Waals surface area contributed by atoms with Crippen LogP contribution in [0.15, 0.2) is 51.8 Å². The van der Waals surface area contributed by atoms with Crippen LogP contribution in [0.2, 0.25) is 0 Å². The molecule has 0 aliphatic heterocycles. The summed E-state index contributed by atoms with van der Waals surface area (Å²) in [5, 5.41) is 0. The molecule has 0 spiro atoms. The predicted molar refractivity (Wildman–Crippen MR) is 80.1 cm³/mol. The second-order valence-electron chi connectivity index (χ2n) is 4.15. The zero-order valence-corrected chi connectivity index (χ0v) is 12.7. The first-order chi connectivity index (χ1) is 9.04. The van der Waals surface area contributed by atoms with E-state index in [2.05, 4.69) is 15.9 Å². The average molecular weight is 339 g/mol. The van der Waals surface area contributed by atoms with Crippen molar-refractivity contribution in [2.75, 3.05) is 0 Å². The van der Waals surface area contributed by atoms with Gasteiger partial charge in [0.1, 0.15) is 5.82 Å². The van der Waals surface area contributed by atoms with Gasteiger partial charge in [-0.15, -0.1) is 11.8 Å².